The van der Waals surface area contributed by atoms with Gasteiger partial charge in [0.05, 0.1) is 15.9 Å². The summed E-state index contributed by atoms with van der Waals surface area (Å²) < 4.78 is 27.8. The van der Waals surface area contributed by atoms with Crippen molar-refractivity contribution in [3.63, 3.8) is 0 Å². The highest BCUT2D eigenvalue weighted by molar-refractivity contribution is 7.92. The number of benzene rings is 1. The third-order valence-electron chi connectivity index (χ3n) is 6.20. The number of hydrogen-bond acceptors (Lipinski definition) is 6. The number of fused-ring (bicyclic) bond motifs is 1. The monoisotopic (exact) mass is 452 g/mol. The number of rotatable bonds is 7. The van der Waals surface area contributed by atoms with Gasteiger partial charge in [-0.25, -0.2) is 13.4 Å². The summed E-state index contributed by atoms with van der Waals surface area (Å²) in [5.41, 5.74) is 1.86. The first-order valence-electron chi connectivity index (χ1n) is 10.9. The smallest absolute Gasteiger partial charge is 0.208 e. The molecule has 0 saturated carbocycles. The molecule has 0 aliphatic carbocycles. The molecule has 8 heteroatoms. The van der Waals surface area contributed by atoms with Crippen molar-refractivity contribution in [1.82, 2.24) is 14.3 Å². The molecule has 2 aromatic heterocycles. The van der Waals surface area contributed by atoms with Crippen molar-refractivity contribution in [1.29, 1.82) is 5.41 Å². The maximum Gasteiger partial charge on any atom is 0.208 e. The first-order valence-corrected chi connectivity index (χ1v) is 12.4. The van der Waals surface area contributed by atoms with Gasteiger partial charge in [-0.15, -0.1) is 0 Å². The molecule has 0 atom stereocenters. The van der Waals surface area contributed by atoms with Crippen molar-refractivity contribution >= 4 is 27.0 Å². The molecule has 1 aliphatic rings. The van der Waals surface area contributed by atoms with E-state index in [2.05, 4.69) is 23.7 Å². The molecule has 0 spiro atoms. The molecular formula is C24H28N4O3S. The van der Waals surface area contributed by atoms with Crippen LogP contribution in [-0.4, -0.2) is 58.6 Å². The quantitative estimate of drug-likeness (QED) is 0.438. The number of carbonyl (C=O) groups is 1. The molecule has 1 fully saturated rings. The molecule has 0 bridgehead atoms. The zero-order valence-electron chi connectivity index (χ0n) is 18.4. The molecule has 1 aliphatic heterocycles. The zero-order valence-corrected chi connectivity index (χ0v) is 19.2. The van der Waals surface area contributed by atoms with Gasteiger partial charge in [-0.2, -0.15) is 0 Å². The van der Waals surface area contributed by atoms with Gasteiger partial charge in [0.2, 0.25) is 5.78 Å². The number of Topliss-reactive ketones (excluding diaryl/α,β-unsaturated/α-hetero) is 1. The van der Waals surface area contributed by atoms with Crippen molar-refractivity contribution < 1.29 is 13.2 Å². The summed E-state index contributed by atoms with van der Waals surface area (Å²) in [6, 6.07) is 10.5. The fourth-order valence-electron chi connectivity index (χ4n) is 4.20. The number of ketones is 1. The van der Waals surface area contributed by atoms with Crippen molar-refractivity contribution in [2.24, 2.45) is 0 Å². The second-order valence-electron chi connectivity index (χ2n) is 8.61. The maximum absolute atomic E-state index is 13.1. The number of pyridine rings is 1. The van der Waals surface area contributed by atoms with Crippen LogP contribution >= 0.6 is 0 Å². The van der Waals surface area contributed by atoms with Crippen LogP contribution in [0.5, 0.6) is 0 Å². The van der Waals surface area contributed by atoms with E-state index in [4.69, 9.17) is 5.41 Å². The number of likely N-dealkylation sites (tertiary alicyclic amines) is 1. The Morgan fingerprint density at radius 3 is 2.47 bits per heavy atom. The van der Waals surface area contributed by atoms with E-state index in [1.54, 1.807) is 59.4 Å². The lowest BCUT2D eigenvalue weighted by molar-refractivity contribution is 0.106. The normalized spacial score (nSPS) is 16.0. The molecule has 1 aromatic carbocycles. The van der Waals surface area contributed by atoms with E-state index in [1.165, 1.54) is 0 Å². The minimum Gasteiger partial charge on any atom is -0.306 e. The van der Waals surface area contributed by atoms with E-state index in [0.29, 0.717) is 29.3 Å². The van der Waals surface area contributed by atoms with Gasteiger partial charge in [0, 0.05) is 36.6 Å². The van der Waals surface area contributed by atoms with Crippen LogP contribution in [-0.2, 0) is 16.3 Å². The molecule has 3 aromatic rings. The first kappa shape index (κ1) is 22.4. The summed E-state index contributed by atoms with van der Waals surface area (Å²) in [6.07, 6.45) is 6.50. The fraction of sp³-hybridized carbons (Fsp3) is 0.375. The number of aromatic nitrogens is 2. The number of nitrogens with one attached hydrogen (secondary N) is 1. The summed E-state index contributed by atoms with van der Waals surface area (Å²) >= 11 is 0. The molecule has 1 N–H and O–H groups in total. The highest BCUT2D eigenvalue weighted by atomic mass is 32.2. The minimum atomic E-state index is -3.39. The van der Waals surface area contributed by atoms with Gasteiger partial charge in [0.15, 0.2) is 9.84 Å². The number of hydrogen-bond donors (Lipinski definition) is 1. The molecule has 32 heavy (non-hydrogen) atoms. The van der Waals surface area contributed by atoms with Gasteiger partial charge in [-0.1, -0.05) is 12.1 Å². The van der Waals surface area contributed by atoms with Crippen LogP contribution in [0.25, 0.3) is 5.65 Å². The molecule has 3 heterocycles. The van der Waals surface area contributed by atoms with Gasteiger partial charge in [0.25, 0.3) is 0 Å². The van der Waals surface area contributed by atoms with Crippen molar-refractivity contribution in [3.05, 3.63) is 66.1 Å². The zero-order chi connectivity index (χ0) is 22.9. The molecule has 4 rings (SSSR count). The number of nitrogens with zero attached hydrogens (tertiary/aromatic N) is 3. The number of sulfone groups is 1. The molecule has 7 nitrogen and oxygen atoms in total. The predicted octanol–water partition coefficient (Wildman–Crippen LogP) is 3.43. The Kier molecular flexibility index (Phi) is 6.26. The summed E-state index contributed by atoms with van der Waals surface area (Å²) in [4.78, 5) is 19.4. The molecular weight excluding hydrogens is 424 g/mol. The van der Waals surface area contributed by atoms with E-state index in [0.717, 1.165) is 24.3 Å². The predicted molar refractivity (Wildman–Crippen MR) is 124 cm³/mol. The van der Waals surface area contributed by atoms with Gasteiger partial charge in [-0.3, -0.25) is 4.79 Å². The Labute approximate surface area is 188 Å². The van der Waals surface area contributed by atoms with Crippen LogP contribution in [0.1, 0.15) is 42.6 Å². The standard InChI is InChI=1S/C24H28N4O3S/c1-17(2)27-12-9-21(10-13-27)32(30,31)20-6-3-18(4-7-20)15-22(25)24(29)19-5-8-23-26-11-14-28(23)16-19/h3-8,11,14,16-17,21,25H,9-10,12-13,15H2,1-2H3. The first-order chi connectivity index (χ1) is 15.3. The molecule has 0 radical (unpaired) electrons. The summed E-state index contributed by atoms with van der Waals surface area (Å²) in [6.45, 7) is 5.85. The van der Waals surface area contributed by atoms with Crippen molar-refractivity contribution in [2.75, 3.05) is 13.1 Å². The minimum absolute atomic E-state index is 0.0406. The SMILES string of the molecule is CC(C)N1CCC(S(=O)(=O)c2ccc(CC(=N)C(=O)c3ccc4nccn4c3)cc2)CC1. The van der Waals surface area contributed by atoms with Crippen LogP contribution < -0.4 is 0 Å². The Morgan fingerprint density at radius 2 is 1.81 bits per heavy atom. The lowest BCUT2D eigenvalue weighted by Crippen LogP contribution is -2.42. The van der Waals surface area contributed by atoms with Gasteiger partial charge < -0.3 is 14.7 Å². The van der Waals surface area contributed by atoms with E-state index in [9.17, 15) is 13.2 Å². The van der Waals surface area contributed by atoms with E-state index in [-0.39, 0.29) is 23.2 Å². The maximum atomic E-state index is 13.1. The van der Waals surface area contributed by atoms with E-state index in [1.807, 2.05) is 0 Å². The van der Waals surface area contributed by atoms with E-state index < -0.39 is 9.84 Å². The van der Waals surface area contributed by atoms with Gasteiger partial charge in [-0.05, 0) is 69.6 Å². The topological polar surface area (TPSA) is 95.6 Å². The number of imidazole rings is 1. The Bertz CT molecular complexity index is 1240. The number of piperidine rings is 1. The van der Waals surface area contributed by atoms with Crippen LogP contribution in [0.15, 0.2) is 59.9 Å². The lowest BCUT2D eigenvalue weighted by atomic mass is 10.0. The summed E-state index contributed by atoms with van der Waals surface area (Å²) in [5, 5.41) is 7.87. The molecule has 1 saturated heterocycles. The highest BCUT2D eigenvalue weighted by Gasteiger charge is 2.31. The molecule has 0 unspecified atom stereocenters. The van der Waals surface area contributed by atoms with Gasteiger partial charge in [0.1, 0.15) is 5.65 Å². The van der Waals surface area contributed by atoms with Crippen LogP contribution in [0.2, 0.25) is 0 Å². The van der Waals surface area contributed by atoms with Crippen molar-refractivity contribution in [3.8, 4) is 0 Å². The second-order valence-corrected chi connectivity index (χ2v) is 10.8. The average molecular weight is 453 g/mol. The fourth-order valence-corrected chi connectivity index (χ4v) is 5.94. The Morgan fingerprint density at radius 1 is 1.12 bits per heavy atom. The van der Waals surface area contributed by atoms with Crippen LogP contribution in [0.3, 0.4) is 0 Å². The van der Waals surface area contributed by atoms with E-state index >= 15 is 0 Å². The second kappa shape index (κ2) is 8.96. The van der Waals surface area contributed by atoms with Crippen LogP contribution in [0, 0.1) is 5.41 Å². The highest BCUT2D eigenvalue weighted by Crippen LogP contribution is 2.26. The summed E-state index contributed by atoms with van der Waals surface area (Å²) in [5.74, 6) is -0.353. The Hall–Kier alpha value is -2.84. The number of carbonyl (C=O) groups excluding carboxylic acids is 1. The third kappa shape index (κ3) is 4.52. The average Bonchev–Trinajstić information content (AvgIpc) is 3.27. The summed E-state index contributed by atoms with van der Waals surface area (Å²) in [7, 11) is -3.39. The van der Waals surface area contributed by atoms with Crippen molar-refractivity contribution in [2.45, 2.75) is 49.3 Å². The molecule has 0 amide bonds. The lowest BCUT2D eigenvalue weighted by Gasteiger charge is -2.34. The molecule has 168 valence electrons. The third-order valence-corrected chi connectivity index (χ3v) is 8.48. The Balaban J connectivity index is 1.42. The largest absolute Gasteiger partial charge is 0.306 e. The van der Waals surface area contributed by atoms with Gasteiger partial charge >= 0.3 is 0 Å². The van der Waals surface area contributed by atoms with Crippen LogP contribution in [0.4, 0.5) is 0 Å².